The van der Waals surface area contributed by atoms with Crippen LogP contribution in [0.2, 0.25) is 0 Å². The zero-order chi connectivity index (χ0) is 9.84. The number of aromatic nitrogens is 2. The minimum absolute atomic E-state index is 0.140. The second-order valence-electron chi connectivity index (χ2n) is 3.43. The lowest BCUT2D eigenvalue weighted by molar-refractivity contribution is 0.481. The standard InChI is InChI=1S/C9H14BrN3/c1-6(2)8(11)3-9-12-4-7(10)5-13-9/h4-6,8H,3,11H2,1-2H3. The van der Waals surface area contributed by atoms with Gasteiger partial charge in [-0.05, 0) is 21.8 Å². The van der Waals surface area contributed by atoms with Crippen molar-refractivity contribution in [1.82, 2.24) is 9.97 Å². The smallest absolute Gasteiger partial charge is 0.129 e. The number of nitrogens with two attached hydrogens (primary N) is 1. The summed E-state index contributed by atoms with van der Waals surface area (Å²) in [5.41, 5.74) is 5.89. The molecule has 0 fully saturated rings. The van der Waals surface area contributed by atoms with Crippen LogP contribution in [0.5, 0.6) is 0 Å². The molecule has 0 aromatic carbocycles. The van der Waals surface area contributed by atoms with E-state index in [1.54, 1.807) is 12.4 Å². The summed E-state index contributed by atoms with van der Waals surface area (Å²) in [6.07, 6.45) is 4.23. The van der Waals surface area contributed by atoms with E-state index in [0.29, 0.717) is 5.92 Å². The molecule has 0 spiro atoms. The molecule has 1 atom stereocenters. The topological polar surface area (TPSA) is 51.8 Å². The highest BCUT2D eigenvalue weighted by atomic mass is 79.9. The van der Waals surface area contributed by atoms with E-state index < -0.39 is 0 Å². The molecule has 1 aromatic heterocycles. The van der Waals surface area contributed by atoms with Crippen LogP contribution in [-0.2, 0) is 6.42 Å². The van der Waals surface area contributed by atoms with Gasteiger partial charge < -0.3 is 5.73 Å². The number of hydrogen-bond donors (Lipinski definition) is 1. The van der Waals surface area contributed by atoms with Gasteiger partial charge >= 0.3 is 0 Å². The number of halogens is 1. The number of hydrogen-bond acceptors (Lipinski definition) is 3. The lowest BCUT2D eigenvalue weighted by atomic mass is 10.0. The molecular weight excluding hydrogens is 230 g/mol. The quantitative estimate of drug-likeness (QED) is 0.881. The summed E-state index contributed by atoms with van der Waals surface area (Å²) in [5, 5.41) is 0. The summed E-state index contributed by atoms with van der Waals surface area (Å²) >= 11 is 3.28. The fourth-order valence-corrected chi connectivity index (χ4v) is 1.10. The molecule has 1 unspecified atom stereocenters. The third kappa shape index (κ3) is 3.40. The van der Waals surface area contributed by atoms with Gasteiger partial charge in [0.25, 0.3) is 0 Å². The average molecular weight is 244 g/mol. The van der Waals surface area contributed by atoms with Gasteiger partial charge in [0.1, 0.15) is 5.82 Å². The number of nitrogens with zero attached hydrogens (tertiary/aromatic N) is 2. The first-order valence-electron chi connectivity index (χ1n) is 4.31. The van der Waals surface area contributed by atoms with Crippen LogP contribution in [0.15, 0.2) is 16.9 Å². The first kappa shape index (κ1) is 10.6. The Morgan fingerprint density at radius 3 is 2.38 bits per heavy atom. The normalized spacial score (nSPS) is 13.3. The van der Waals surface area contributed by atoms with Gasteiger partial charge in [-0.25, -0.2) is 9.97 Å². The molecule has 2 N–H and O–H groups in total. The van der Waals surface area contributed by atoms with Crippen molar-refractivity contribution < 1.29 is 0 Å². The highest BCUT2D eigenvalue weighted by molar-refractivity contribution is 9.10. The third-order valence-corrected chi connectivity index (χ3v) is 2.36. The van der Waals surface area contributed by atoms with Gasteiger partial charge in [0.05, 0.1) is 4.47 Å². The SMILES string of the molecule is CC(C)C(N)Cc1ncc(Br)cn1. The predicted octanol–water partition coefficient (Wildman–Crippen LogP) is 1.76. The van der Waals surface area contributed by atoms with Crippen molar-refractivity contribution in [2.45, 2.75) is 26.3 Å². The number of rotatable bonds is 3. The second kappa shape index (κ2) is 4.67. The molecule has 1 rings (SSSR count). The molecule has 1 aromatic rings. The maximum Gasteiger partial charge on any atom is 0.129 e. The predicted molar refractivity (Wildman–Crippen MR) is 56.2 cm³/mol. The lowest BCUT2D eigenvalue weighted by Gasteiger charge is -2.13. The van der Waals surface area contributed by atoms with Gasteiger partial charge in [0, 0.05) is 24.9 Å². The zero-order valence-corrected chi connectivity index (χ0v) is 9.45. The van der Waals surface area contributed by atoms with Crippen molar-refractivity contribution in [3.63, 3.8) is 0 Å². The Balaban J connectivity index is 2.59. The summed E-state index contributed by atoms with van der Waals surface area (Å²) in [5.74, 6) is 1.27. The van der Waals surface area contributed by atoms with E-state index in [4.69, 9.17) is 5.73 Å². The molecule has 13 heavy (non-hydrogen) atoms. The highest BCUT2D eigenvalue weighted by Gasteiger charge is 2.09. The Labute approximate surface area is 86.9 Å². The minimum Gasteiger partial charge on any atom is -0.327 e. The third-order valence-electron chi connectivity index (χ3n) is 1.95. The van der Waals surface area contributed by atoms with Crippen LogP contribution in [0.4, 0.5) is 0 Å². The molecule has 3 nitrogen and oxygen atoms in total. The van der Waals surface area contributed by atoms with Gasteiger partial charge in [-0.15, -0.1) is 0 Å². The molecule has 4 heteroatoms. The largest absolute Gasteiger partial charge is 0.327 e. The molecule has 0 saturated heterocycles. The lowest BCUT2D eigenvalue weighted by Crippen LogP contribution is -2.29. The zero-order valence-electron chi connectivity index (χ0n) is 7.87. The molecular formula is C9H14BrN3. The Morgan fingerprint density at radius 1 is 1.38 bits per heavy atom. The van der Waals surface area contributed by atoms with Crippen molar-refractivity contribution >= 4 is 15.9 Å². The van der Waals surface area contributed by atoms with E-state index in [2.05, 4.69) is 39.7 Å². The highest BCUT2D eigenvalue weighted by Crippen LogP contribution is 2.07. The molecule has 0 aliphatic carbocycles. The van der Waals surface area contributed by atoms with E-state index in [1.165, 1.54) is 0 Å². The van der Waals surface area contributed by atoms with E-state index in [1.807, 2.05) is 0 Å². The summed E-state index contributed by atoms with van der Waals surface area (Å²) in [6, 6.07) is 0.140. The van der Waals surface area contributed by atoms with Gasteiger partial charge in [-0.3, -0.25) is 0 Å². The van der Waals surface area contributed by atoms with Crippen molar-refractivity contribution in [3.8, 4) is 0 Å². The van der Waals surface area contributed by atoms with Gasteiger partial charge in [0.15, 0.2) is 0 Å². The van der Waals surface area contributed by atoms with Crippen LogP contribution in [0.1, 0.15) is 19.7 Å². The van der Waals surface area contributed by atoms with E-state index in [-0.39, 0.29) is 6.04 Å². The molecule has 0 saturated carbocycles. The molecule has 0 bridgehead atoms. The van der Waals surface area contributed by atoms with Crippen LogP contribution in [0, 0.1) is 5.92 Å². The van der Waals surface area contributed by atoms with Crippen LogP contribution in [0.3, 0.4) is 0 Å². The first-order valence-corrected chi connectivity index (χ1v) is 5.11. The summed E-state index contributed by atoms with van der Waals surface area (Å²) in [4.78, 5) is 8.33. The average Bonchev–Trinajstić information content (AvgIpc) is 2.08. The van der Waals surface area contributed by atoms with Crippen molar-refractivity contribution in [2.75, 3.05) is 0 Å². The molecule has 0 aliphatic rings. The summed E-state index contributed by atoms with van der Waals surface area (Å²) < 4.78 is 0.898. The van der Waals surface area contributed by atoms with Crippen molar-refractivity contribution in [2.24, 2.45) is 11.7 Å². The van der Waals surface area contributed by atoms with Crippen LogP contribution in [-0.4, -0.2) is 16.0 Å². The molecule has 1 heterocycles. The van der Waals surface area contributed by atoms with Crippen LogP contribution in [0.25, 0.3) is 0 Å². The Kier molecular flexibility index (Phi) is 3.81. The van der Waals surface area contributed by atoms with E-state index >= 15 is 0 Å². The maximum atomic E-state index is 5.89. The maximum absolute atomic E-state index is 5.89. The van der Waals surface area contributed by atoms with E-state index in [0.717, 1.165) is 16.7 Å². The first-order chi connectivity index (χ1) is 6.09. The van der Waals surface area contributed by atoms with Crippen LogP contribution >= 0.6 is 15.9 Å². The van der Waals surface area contributed by atoms with Crippen molar-refractivity contribution in [1.29, 1.82) is 0 Å². The second-order valence-corrected chi connectivity index (χ2v) is 4.35. The Bertz CT molecular complexity index is 258. The van der Waals surface area contributed by atoms with Crippen molar-refractivity contribution in [3.05, 3.63) is 22.7 Å². The fraction of sp³-hybridized carbons (Fsp3) is 0.556. The monoisotopic (exact) mass is 243 g/mol. The fourth-order valence-electron chi connectivity index (χ4n) is 0.891. The Hall–Kier alpha value is -0.480. The van der Waals surface area contributed by atoms with Crippen LogP contribution < -0.4 is 5.73 Å². The molecule has 0 aliphatic heterocycles. The minimum atomic E-state index is 0.140. The summed E-state index contributed by atoms with van der Waals surface area (Å²) in [7, 11) is 0. The Morgan fingerprint density at radius 2 is 1.92 bits per heavy atom. The van der Waals surface area contributed by atoms with Gasteiger partial charge in [0.2, 0.25) is 0 Å². The molecule has 0 amide bonds. The molecule has 72 valence electrons. The van der Waals surface area contributed by atoms with Gasteiger partial charge in [-0.1, -0.05) is 13.8 Å². The van der Waals surface area contributed by atoms with E-state index in [9.17, 15) is 0 Å². The molecule has 0 radical (unpaired) electrons. The van der Waals surface area contributed by atoms with Gasteiger partial charge in [-0.2, -0.15) is 0 Å². The summed E-state index contributed by atoms with van der Waals surface area (Å²) in [6.45, 7) is 4.20.